The number of carbonyl (C=O) groups excluding carboxylic acids is 2. The summed E-state index contributed by atoms with van der Waals surface area (Å²) in [4.78, 5) is 37.3. The van der Waals surface area contributed by atoms with Crippen molar-refractivity contribution in [3.8, 4) is 5.75 Å². The lowest BCUT2D eigenvalue weighted by Crippen LogP contribution is -2.50. The number of amides is 2. The first-order chi connectivity index (χ1) is 20.4. The van der Waals surface area contributed by atoms with Gasteiger partial charge in [-0.2, -0.15) is 18.2 Å². The molecule has 1 aromatic heterocycles. The maximum atomic E-state index is 14.0. The number of nitrogens with one attached hydrogen (secondary N) is 4. The molecule has 1 saturated carbocycles. The fraction of sp³-hybridized carbons (Fsp3) is 0.586. The molecule has 2 aromatic rings. The van der Waals surface area contributed by atoms with Gasteiger partial charge in [-0.3, -0.25) is 9.59 Å². The zero-order valence-corrected chi connectivity index (χ0v) is 25.1. The maximum absolute atomic E-state index is 14.0. The van der Waals surface area contributed by atoms with Gasteiger partial charge in [0.05, 0.1) is 19.3 Å². The number of aromatic nitrogens is 2. The molecule has 2 atom stereocenters. The van der Waals surface area contributed by atoms with E-state index in [1.807, 2.05) is 7.05 Å². The Hall–Kier alpha value is -3.65. The molecule has 236 valence electrons. The van der Waals surface area contributed by atoms with Gasteiger partial charge in [-0.15, -0.1) is 0 Å². The zero-order chi connectivity index (χ0) is 31.1. The summed E-state index contributed by atoms with van der Waals surface area (Å²) in [6, 6.07) is 4.08. The second-order valence-electron chi connectivity index (χ2n) is 11.5. The van der Waals surface area contributed by atoms with Crippen molar-refractivity contribution in [2.45, 2.75) is 62.8 Å². The van der Waals surface area contributed by atoms with Crippen molar-refractivity contribution in [1.29, 1.82) is 0 Å². The van der Waals surface area contributed by atoms with Crippen LogP contribution < -0.4 is 26.0 Å². The number of methoxy groups -OCH3 is 1. The lowest BCUT2D eigenvalue weighted by Gasteiger charge is -2.34. The van der Waals surface area contributed by atoms with Crippen LogP contribution in [0.25, 0.3) is 0 Å². The van der Waals surface area contributed by atoms with Gasteiger partial charge in [-0.1, -0.05) is 12.8 Å². The zero-order valence-electron chi connectivity index (χ0n) is 25.1. The number of likely N-dealkylation sites (tertiary alicyclic amines) is 1. The molecular weight excluding hydrogens is 565 g/mol. The van der Waals surface area contributed by atoms with Gasteiger partial charge >= 0.3 is 6.18 Å². The predicted molar refractivity (Wildman–Crippen MR) is 158 cm³/mol. The SMILES string of the molecule is COc1cc(C(=O)NC2CCN(C)CC2)ccc1Nc1ncc(C(F)(F)F)c(NC2CCCCC2NC(=O)CN(C)C)n1. The second kappa shape index (κ2) is 14.2. The minimum Gasteiger partial charge on any atom is -0.495 e. The Morgan fingerprint density at radius 2 is 1.77 bits per heavy atom. The van der Waals surface area contributed by atoms with Gasteiger partial charge in [-0.05, 0) is 78.1 Å². The molecule has 1 aromatic carbocycles. The Kier molecular flexibility index (Phi) is 10.7. The van der Waals surface area contributed by atoms with Crippen LogP contribution >= 0.6 is 0 Å². The molecule has 1 aliphatic carbocycles. The molecule has 4 rings (SSSR count). The number of hydrogen-bond donors (Lipinski definition) is 4. The summed E-state index contributed by atoms with van der Waals surface area (Å²) in [5.74, 6) is -0.570. The van der Waals surface area contributed by atoms with Crippen LogP contribution in [0.2, 0.25) is 0 Å². The molecule has 14 heteroatoms. The lowest BCUT2D eigenvalue weighted by atomic mass is 9.90. The number of halogens is 3. The number of ether oxygens (including phenoxy) is 1. The van der Waals surface area contributed by atoms with Gasteiger partial charge in [-0.25, -0.2) is 4.98 Å². The normalized spacial score (nSPS) is 20.0. The lowest BCUT2D eigenvalue weighted by molar-refractivity contribution is -0.137. The average Bonchev–Trinajstić information content (AvgIpc) is 2.94. The number of alkyl halides is 3. The summed E-state index contributed by atoms with van der Waals surface area (Å²) in [5.41, 5.74) is -0.220. The number of piperidine rings is 1. The number of anilines is 3. The van der Waals surface area contributed by atoms with E-state index in [9.17, 15) is 22.8 Å². The van der Waals surface area contributed by atoms with E-state index in [1.54, 1.807) is 37.2 Å². The minimum atomic E-state index is -4.69. The number of hydrogen-bond acceptors (Lipinski definition) is 9. The van der Waals surface area contributed by atoms with E-state index in [-0.39, 0.29) is 42.2 Å². The van der Waals surface area contributed by atoms with Crippen LogP contribution in [0.4, 0.5) is 30.6 Å². The summed E-state index contributed by atoms with van der Waals surface area (Å²) < 4.78 is 47.4. The van der Waals surface area contributed by atoms with Crippen molar-refractivity contribution in [2.24, 2.45) is 0 Å². The highest BCUT2D eigenvalue weighted by Crippen LogP contribution is 2.36. The maximum Gasteiger partial charge on any atom is 0.421 e. The fourth-order valence-corrected chi connectivity index (χ4v) is 5.43. The van der Waals surface area contributed by atoms with E-state index in [2.05, 4.69) is 36.1 Å². The standard InChI is InChI=1S/C29H41F3N8O3/c1-39(2)17-25(41)35-21-7-5-6-8-22(21)36-26-20(29(30,31)32)16-33-28(38-26)37-23-10-9-18(15-24(23)43-4)27(42)34-19-11-13-40(3)14-12-19/h9-10,15-16,19,21-22H,5-8,11-14,17H2,1-4H3,(H,34,42)(H,35,41)(H2,33,36,37,38). The van der Waals surface area contributed by atoms with Crippen LogP contribution in [0.5, 0.6) is 5.75 Å². The average molecular weight is 607 g/mol. The van der Waals surface area contributed by atoms with Crippen molar-refractivity contribution in [1.82, 2.24) is 30.4 Å². The molecular formula is C29H41F3N8O3. The summed E-state index contributed by atoms with van der Waals surface area (Å²) in [6.07, 6.45) is 0.657. The molecule has 0 bridgehead atoms. The largest absolute Gasteiger partial charge is 0.495 e. The minimum absolute atomic E-state index is 0.0821. The first kappa shape index (κ1) is 32.3. The van der Waals surface area contributed by atoms with E-state index in [0.717, 1.165) is 45.0 Å². The molecule has 1 aliphatic heterocycles. The number of nitrogens with zero attached hydrogens (tertiary/aromatic N) is 4. The molecule has 2 aliphatic rings. The molecule has 4 N–H and O–H groups in total. The number of likely N-dealkylation sites (N-methyl/N-ethyl adjacent to an activating group) is 1. The van der Waals surface area contributed by atoms with Gasteiger partial charge in [0.15, 0.2) is 0 Å². The summed E-state index contributed by atoms with van der Waals surface area (Å²) in [5, 5.41) is 11.9. The van der Waals surface area contributed by atoms with Crippen LogP contribution in [0.1, 0.15) is 54.4 Å². The van der Waals surface area contributed by atoms with Gasteiger partial charge in [0, 0.05) is 29.9 Å². The van der Waals surface area contributed by atoms with Gasteiger partial charge in [0.2, 0.25) is 11.9 Å². The smallest absolute Gasteiger partial charge is 0.421 e. The molecule has 0 radical (unpaired) electrons. The first-order valence-electron chi connectivity index (χ1n) is 14.5. The van der Waals surface area contributed by atoms with Crippen LogP contribution in [-0.4, -0.2) is 97.6 Å². The van der Waals surface area contributed by atoms with Crippen molar-refractivity contribution >= 4 is 29.3 Å². The third kappa shape index (κ3) is 8.92. The Balaban J connectivity index is 1.52. The second-order valence-corrected chi connectivity index (χ2v) is 11.5. The monoisotopic (exact) mass is 606 g/mol. The highest BCUT2D eigenvalue weighted by atomic mass is 19.4. The van der Waals surface area contributed by atoms with E-state index < -0.39 is 17.8 Å². The Labute approximate surface area is 250 Å². The molecule has 11 nitrogen and oxygen atoms in total. The molecule has 2 heterocycles. The van der Waals surface area contributed by atoms with E-state index in [4.69, 9.17) is 4.74 Å². The van der Waals surface area contributed by atoms with Gasteiger partial charge in [0.1, 0.15) is 17.1 Å². The van der Waals surface area contributed by atoms with E-state index in [0.29, 0.717) is 29.8 Å². The van der Waals surface area contributed by atoms with Crippen LogP contribution in [-0.2, 0) is 11.0 Å². The third-order valence-electron chi connectivity index (χ3n) is 7.75. The topological polar surface area (TPSA) is 124 Å². The van der Waals surface area contributed by atoms with Gasteiger partial charge in [0.25, 0.3) is 5.91 Å². The predicted octanol–water partition coefficient (Wildman–Crippen LogP) is 3.47. The highest BCUT2D eigenvalue weighted by Gasteiger charge is 2.37. The molecule has 1 saturated heterocycles. The summed E-state index contributed by atoms with van der Waals surface area (Å²) in [6.45, 7) is 2.00. The van der Waals surface area contributed by atoms with Crippen molar-refractivity contribution < 1.29 is 27.5 Å². The number of rotatable bonds is 10. The number of benzene rings is 1. The summed E-state index contributed by atoms with van der Waals surface area (Å²) >= 11 is 0. The Morgan fingerprint density at radius 3 is 2.42 bits per heavy atom. The van der Waals surface area contributed by atoms with Crippen molar-refractivity contribution in [2.75, 3.05) is 58.5 Å². The van der Waals surface area contributed by atoms with E-state index >= 15 is 0 Å². The van der Waals surface area contributed by atoms with Crippen molar-refractivity contribution in [3.05, 3.63) is 35.5 Å². The molecule has 2 fully saturated rings. The molecule has 43 heavy (non-hydrogen) atoms. The Bertz CT molecular complexity index is 1270. The number of carbonyl (C=O) groups is 2. The fourth-order valence-electron chi connectivity index (χ4n) is 5.43. The summed E-state index contributed by atoms with van der Waals surface area (Å²) in [7, 11) is 7.03. The van der Waals surface area contributed by atoms with E-state index in [1.165, 1.54) is 7.11 Å². The third-order valence-corrected chi connectivity index (χ3v) is 7.75. The molecule has 0 spiro atoms. The molecule has 2 amide bonds. The van der Waals surface area contributed by atoms with Crippen LogP contribution in [0.15, 0.2) is 24.4 Å². The van der Waals surface area contributed by atoms with Crippen molar-refractivity contribution in [3.63, 3.8) is 0 Å². The first-order valence-corrected chi connectivity index (χ1v) is 14.5. The van der Waals surface area contributed by atoms with Crippen LogP contribution in [0.3, 0.4) is 0 Å². The van der Waals surface area contributed by atoms with Gasteiger partial charge < -0.3 is 35.8 Å². The molecule has 2 unspecified atom stereocenters. The van der Waals surface area contributed by atoms with Crippen LogP contribution in [0, 0.1) is 0 Å². The highest BCUT2D eigenvalue weighted by molar-refractivity contribution is 5.95. The quantitative estimate of drug-likeness (QED) is 0.322. The Morgan fingerprint density at radius 1 is 1.07 bits per heavy atom.